The van der Waals surface area contributed by atoms with Crippen LogP contribution in [0.4, 0.5) is 5.69 Å². The molecule has 2 aromatic carbocycles. The number of rotatable bonds is 3. The van der Waals surface area contributed by atoms with Crippen molar-refractivity contribution in [3.63, 3.8) is 0 Å². The third-order valence-corrected chi connectivity index (χ3v) is 4.62. The van der Waals surface area contributed by atoms with Crippen molar-refractivity contribution in [3.05, 3.63) is 78.5 Å². The average Bonchev–Trinajstić information content (AvgIpc) is 2.91. The highest BCUT2D eigenvalue weighted by molar-refractivity contribution is 14.1. The van der Waals surface area contributed by atoms with Gasteiger partial charge in [-0.2, -0.15) is 0 Å². The molecule has 24 heavy (non-hydrogen) atoms. The summed E-state index contributed by atoms with van der Waals surface area (Å²) in [4.78, 5) is 26.5. The molecule has 2 aromatic rings. The van der Waals surface area contributed by atoms with E-state index >= 15 is 0 Å². The highest BCUT2D eigenvalue weighted by Crippen LogP contribution is 2.22. The lowest BCUT2D eigenvalue weighted by molar-refractivity contribution is -0.384. The molecule has 0 saturated carbocycles. The number of hydrogen-bond donors (Lipinski definition) is 0. The van der Waals surface area contributed by atoms with Crippen molar-refractivity contribution in [2.24, 2.45) is 4.99 Å². The fourth-order valence-electron chi connectivity index (χ4n) is 2.20. The first-order valence-electron chi connectivity index (χ1n) is 6.97. The molecule has 0 aromatic heterocycles. The van der Waals surface area contributed by atoms with Gasteiger partial charge in [0.15, 0.2) is 5.70 Å². The van der Waals surface area contributed by atoms with Gasteiger partial charge in [0.05, 0.1) is 4.92 Å². The van der Waals surface area contributed by atoms with Gasteiger partial charge in [-0.1, -0.05) is 12.1 Å². The first-order chi connectivity index (χ1) is 11.4. The number of nitrogens with zero attached hydrogens (tertiary/aromatic N) is 2. The maximum Gasteiger partial charge on any atom is 0.363 e. The maximum atomic E-state index is 12.0. The van der Waals surface area contributed by atoms with Crippen LogP contribution in [0.15, 0.2) is 53.2 Å². The SMILES string of the molecule is Cc1cc(C2=N/C(=C\c3cccc([N+](=O)[O-])c3)C(=O)O2)ccc1I. The van der Waals surface area contributed by atoms with Crippen molar-refractivity contribution < 1.29 is 14.5 Å². The molecule has 0 aliphatic carbocycles. The van der Waals surface area contributed by atoms with E-state index in [1.807, 2.05) is 25.1 Å². The van der Waals surface area contributed by atoms with Crippen LogP contribution < -0.4 is 0 Å². The molecular formula is C17H11IN2O4. The Morgan fingerprint density at radius 2 is 2.04 bits per heavy atom. The molecule has 1 aliphatic rings. The van der Waals surface area contributed by atoms with Gasteiger partial charge in [0.2, 0.25) is 5.90 Å². The van der Waals surface area contributed by atoms with E-state index in [1.54, 1.807) is 12.1 Å². The van der Waals surface area contributed by atoms with Crippen LogP contribution in [0.5, 0.6) is 0 Å². The zero-order valence-corrected chi connectivity index (χ0v) is 14.7. The first kappa shape index (κ1) is 16.3. The Morgan fingerprint density at radius 1 is 1.25 bits per heavy atom. The van der Waals surface area contributed by atoms with E-state index in [2.05, 4.69) is 27.6 Å². The zero-order chi connectivity index (χ0) is 17.3. The van der Waals surface area contributed by atoms with Crippen LogP contribution in [0.3, 0.4) is 0 Å². The average molecular weight is 434 g/mol. The zero-order valence-electron chi connectivity index (χ0n) is 12.5. The Labute approximate surface area is 151 Å². The van der Waals surface area contributed by atoms with Gasteiger partial charge >= 0.3 is 5.97 Å². The predicted octanol–water partition coefficient (Wildman–Crippen LogP) is 3.85. The minimum Gasteiger partial charge on any atom is -0.402 e. The summed E-state index contributed by atoms with van der Waals surface area (Å²) >= 11 is 2.22. The minimum atomic E-state index is -0.576. The Hall–Kier alpha value is -2.55. The van der Waals surface area contributed by atoms with Crippen molar-refractivity contribution in [3.8, 4) is 0 Å². The van der Waals surface area contributed by atoms with Gasteiger partial charge in [-0.05, 0) is 64.9 Å². The Kier molecular flexibility index (Phi) is 4.43. The van der Waals surface area contributed by atoms with Crippen LogP contribution >= 0.6 is 22.6 Å². The normalized spacial score (nSPS) is 15.3. The molecule has 0 spiro atoms. The third kappa shape index (κ3) is 3.35. The number of carbonyl (C=O) groups excluding carboxylic acids is 1. The fraction of sp³-hybridized carbons (Fsp3) is 0.0588. The maximum absolute atomic E-state index is 12.0. The second-order valence-electron chi connectivity index (χ2n) is 5.15. The number of ether oxygens (including phenoxy) is 1. The summed E-state index contributed by atoms with van der Waals surface area (Å²) in [5.41, 5.74) is 2.35. The molecule has 0 bridgehead atoms. The first-order valence-corrected chi connectivity index (χ1v) is 8.05. The van der Waals surface area contributed by atoms with Gasteiger partial charge in [-0.25, -0.2) is 9.79 Å². The van der Waals surface area contributed by atoms with Gasteiger partial charge in [-0.3, -0.25) is 10.1 Å². The lowest BCUT2D eigenvalue weighted by Crippen LogP contribution is -2.05. The monoisotopic (exact) mass is 434 g/mol. The van der Waals surface area contributed by atoms with E-state index in [-0.39, 0.29) is 17.3 Å². The van der Waals surface area contributed by atoms with E-state index in [1.165, 1.54) is 18.2 Å². The number of nitro benzene ring substituents is 1. The summed E-state index contributed by atoms with van der Waals surface area (Å²) in [6, 6.07) is 11.6. The molecule has 0 radical (unpaired) electrons. The van der Waals surface area contributed by atoms with Crippen LogP contribution in [0.2, 0.25) is 0 Å². The van der Waals surface area contributed by atoms with Gasteiger partial charge in [0.25, 0.3) is 5.69 Å². The van der Waals surface area contributed by atoms with E-state index < -0.39 is 10.9 Å². The lowest BCUT2D eigenvalue weighted by Gasteiger charge is -2.02. The number of hydrogen-bond acceptors (Lipinski definition) is 5. The lowest BCUT2D eigenvalue weighted by atomic mass is 10.1. The molecule has 0 amide bonds. The minimum absolute atomic E-state index is 0.0480. The van der Waals surface area contributed by atoms with Crippen molar-refractivity contribution in [2.45, 2.75) is 6.92 Å². The van der Waals surface area contributed by atoms with Crippen molar-refractivity contribution >= 4 is 46.2 Å². The molecule has 1 aliphatic heterocycles. The van der Waals surface area contributed by atoms with E-state index in [9.17, 15) is 14.9 Å². The van der Waals surface area contributed by atoms with Crippen molar-refractivity contribution in [2.75, 3.05) is 0 Å². The van der Waals surface area contributed by atoms with Crippen LogP contribution in [0, 0.1) is 20.6 Å². The number of nitro groups is 1. The van der Waals surface area contributed by atoms with Crippen LogP contribution in [0.25, 0.3) is 6.08 Å². The van der Waals surface area contributed by atoms with Crippen LogP contribution in [0.1, 0.15) is 16.7 Å². The van der Waals surface area contributed by atoms with E-state index in [0.717, 1.165) is 9.13 Å². The highest BCUT2D eigenvalue weighted by Gasteiger charge is 2.24. The number of carbonyl (C=O) groups is 1. The third-order valence-electron chi connectivity index (χ3n) is 3.41. The highest BCUT2D eigenvalue weighted by atomic mass is 127. The largest absolute Gasteiger partial charge is 0.402 e. The number of aliphatic imine (C=N–C) groups is 1. The quantitative estimate of drug-likeness (QED) is 0.242. The molecular weight excluding hydrogens is 423 g/mol. The molecule has 0 unspecified atom stereocenters. The molecule has 0 fully saturated rings. The van der Waals surface area contributed by atoms with Crippen LogP contribution in [-0.2, 0) is 9.53 Å². The second kappa shape index (κ2) is 6.52. The fourth-order valence-corrected chi connectivity index (χ4v) is 2.53. The van der Waals surface area contributed by atoms with Gasteiger partial charge < -0.3 is 4.74 Å². The van der Waals surface area contributed by atoms with Crippen molar-refractivity contribution in [1.82, 2.24) is 0 Å². The molecule has 0 N–H and O–H groups in total. The standard InChI is InChI=1S/C17H11IN2O4/c1-10-7-12(5-6-14(10)18)16-19-15(17(21)24-16)9-11-3-2-4-13(8-11)20(22)23/h2-9H,1H3/b15-9-. The summed E-state index contributed by atoms with van der Waals surface area (Å²) in [7, 11) is 0. The summed E-state index contributed by atoms with van der Waals surface area (Å²) in [5.74, 6) is -0.344. The van der Waals surface area contributed by atoms with Crippen LogP contribution in [-0.4, -0.2) is 16.8 Å². The van der Waals surface area contributed by atoms with E-state index in [4.69, 9.17) is 4.74 Å². The number of esters is 1. The number of aryl methyl sites for hydroxylation is 1. The van der Waals surface area contributed by atoms with Gasteiger partial charge in [0.1, 0.15) is 0 Å². The number of benzene rings is 2. The summed E-state index contributed by atoms with van der Waals surface area (Å²) in [5, 5.41) is 10.8. The number of halogens is 1. The molecule has 6 nitrogen and oxygen atoms in total. The Balaban J connectivity index is 1.95. The summed E-state index contributed by atoms with van der Waals surface area (Å²) in [6.07, 6.45) is 1.47. The number of cyclic esters (lactones) is 1. The second-order valence-corrected chi connectivity index (χ2v) is 6.31. The van der Waals surface area contributed by atoms with Gasteiger partial charge in [0, 0.05) is 21.3 Å². The molecule has 3 rings (SSSR count). The topological polar surface area (TPSA) is 81.8 Å². The Bertz CT molecular complexity index is 919. The predicted molar refractivity (Wildman–Crippen MR) is 97.6 cm³/mol. The van der Waals surface area contributed by atoms with Crippen molar-refractivity contribution in [1.29, 1.82) is 0 Å². The molecule has 1 heterocycles. The summed E-state index contributed by atoms with van der Waals surface area (Å²) in [6.45, 7) is 1.96. The van der Waals surface area contributed by atoms with E-state index in [0.29, 0.717) is 11.1 Å². The smallest absolute Gasteiger partial charge is 0.363 e. The molecule has 7 heteroatoms. The summed E-state index contributed by atoms with van der Waals surface area (Å²) < 4.78 is 6.32. The Morgan fingerprint density at radius 3 is 2.75 bits per heavy atom. The number of non-ortho nitro benzene ring substituents is 1. The molecule has 120 valence electrons. The van der Waals surface area contributed by atoms with Gasteiger partial charge in [-0.15, -0.1) is 0 Å². The molecule has 0 saturated heterocycles. The molecule has 0 atom stereocenters.